The lowest BCUT2D eigenvalue weighted by molar-refractivity contribution is -0.124. The summed E-state index contributed by atoms with van der Waals surface area (Å²) in [6.45, 7) is 1.22. The number of fused-ring (bicyclic) bond motifs is 1. The molecule has 4 nitrogen and oxygen atoms in total. The molecule has 3 aromatic rings. The lowest BCUT2D eigenvalue weighted by Crippen LogP contribution is -2.35. The lowest BCUT2D eigenvalue weighted by Gasteiger charge is -2.24. The van der Waals surface area contributed by atoms with Crippen LogP contribution in [0.3, 0.4) is 0 Å². The number of carbonyl (C=O) groups excluding carboxylic acids is 2. The topological polar surface area (TPSA) is 40.6 Å². The molecular formula is C26H24N2O2. The van der Waals surface area contributed by atoms with Gasteiger partial charge < -0.3 is 9.80 Å². The van der Waals surface area contributed by atoms with Gasteiger partial charge in [-0.05, 0) is 42.2 Å². The molecule has 0 radical (unpaired) electrons. The summed E-state index contributed by atoms with van der Waals surface area (Å²) < 4.78 is 0. The predicted molar refractivity (Wildman–Crippen MR) is 118 cm³/mol. The average molecular weight is 396 g/mol. The molecule has 1 heterocycles. The van der Waals surface area contributed by atoms with Crippen molar-refractivity contribution in [2.75, 3.05) is 16.3 Å². The van der Waals surface area contributed by atoms with Crippen LogP contribution in [-0.4, -0.2) is 18.4 Å². The predicted octanol–water partition coefficient (Wildman–Crippen LogP) is 4.45. The van der Waals surface area contributed by atoms with Gasteiger partial charge in [0, 0.05) is 17.9 Å². The summed E-state index contributed by atoms with van der Waals surface area (Å²) in [4.78, 5) is 30.3. The molecule has 2 aliphatic rings. The van der Waals surface area contributed by atoms with Crippen molar-refractivity contribution in [2.24, 2.45) is 11.8 Å². The molecule has 4 heteroatoms. The zero-order valence-electron chi connectivity index (χ0n) is 16.8. The molecule has 0 N–H and O–H groups in total. The fraction of sp³-hybridized carbons (Fsp3) is 0.231. The first kappa shape index (κ1) is 18.6. The zero-order valence-corrected chi connectivity index (χ0v) is 16.8. The van der Waals surface area contributed by atoms with Crippen molar-refractivity contribution in [1.82, 2.24) is 0 Å². The average Bonchev–Trinajstić information content (AvgIpc) is 3.49. The van der Waals surface area contributed by atoms with Gasteiger partial charge in [-0.25, -0.2) is 0 Å². The second-order valence-electron chi connectivity index (χ2n) is 8.06. The van der Waals surface area contributed by atoms with E-state index in [0.717, 1.165) is 23.4 Å². The number of amides is 2. The molecule has 2 unspecified atom stereocenters. The van der Waals surface area contributed by atoms with Gasteiger partial charge in [-0.1, -0.05) is 66.7 Å². The molecule has 30 heavy (non-hydrogen) atoms. The summed E-state index contributed by atoms with van der Waals surface area (Å²) >= 11 is 0. The van der Waals surface area contributed by atoms with Gasteiger partial charge in [0.25, 0.3) is 0 Å². The van der Waals surface area contributed by atoms with Crippen LogP contribution in [-0.2, 0) is 22.6 Å². The first-order valence-corrected chi connectivity index (χ1v) is 10.5. The van der Waals surface area contributed by atoms with Crippen LogP contribution in [0.2, 0.25) is 0 Å². The Morgan fingerprint density at radius 1 is 0.833 bits per heavy atom. The van der Waals surface area contributed by atoms with Crippen molar-refractivity contribution in [3.8, 4) is 0 Å². The van der Waals surface area contributed by atoms with Crippen LogP contribution >= 0.6 is 0 Å². The Labute approximate surface area is 176 Å². The van der Waals surface area contributed by atoms with Crippen LogP contribution in [0.1, 0.15) is 17.5 Å². The van der Waals surface area contributed by atoms with E-state index >= 15 is 0 Å². The number of anilines is 2. The van der Waals surface area contributed by atoms with Crippen molar-refractivity contribution in [3.05, 3.63) is 96.1 Å². The van der Waals surface area contributed by atoms with Crippen molar-refractivity contribution in [1.29, 1.82) is 0 Å². The van der Waals surface area contributed by atoms with Gasteiger partial charge in [0.2, 0.25) is 11.8 Å². The standard InChI is InChI=1S/C26H24N2O2/c29-25(27-16-15-20-11-7-8-14-24(20)27)22-17-23(22)26(30)28(21-12-5-2-6-13-21)18-19-9-3-1-4-10-19/h1-14,22-23H,15-18H2. The van der Waals surface area contributed by atoms with Crippen LogP contribution in [0.15, 0.2) is 84.9 Å². The number of rotatable bonds is 5. The van der Waals surface area contributed by atoms with Crippen molar-refractivity contribution < 1.29 is 9.59 Å². The molecule has 1 saturated carbocycles. The normalized spacial score (nSPS) is 19.3. The minimum absolute atomic E-state index is 0.0379. The summed E-state index contributed by atoms with van der Waals surface area (Å²) in [5.41, 5.74) is 4.16. The van der Waals surface area contributed by atoms with E-state index in [9.17, 15) is 9.59 Å². The Bertz CT molecular complexity index is 1060. The van der Waals surface area contributed by atoms with Crippen LogP contribution in [0, 0.1) is 11.8 Å². The molecule has 5 rings (SSSR count). The minimum atomic E-state index is -0.241. The number of hydrogen-bond donors (Lipinski definition) is 0. The van der Waals surface area contributed by atoms with Crippen molar-refractivity contribution in [3.63, 3.8) is 0 Å². The van der Waals surface area contributed by atoms with Crippen LogP contribution in [0.4, 0.5) is 11.4 Å². The molecule has 1 fully saturated rings. The lowest BCUT2D eigenvalue weighted by atomic mass is 10.1. The van der Waals surface area contributed by atoms with E-state index in [1.165, 1.54) is 5.56 Å². The largest absolute Gasteiger partial charge is 0.312 e. The molecule has 0 saturated heterocycles. The second kappa shape index (κ2) is 7.79. The molecule has 2 atom stereocenters. The fourth-order valence-electron chi connectivity index (χ4n) is 4.38. The van der Waals surface area contributed by atoms with Gasteiger partial charge in [0.05, 0.1) is 18.4 Å². The number of para-hydroxylation sites is 2. The highest BCUT2D eigenvalue weighted by Gasteiger charge is 2.51. The van der Waals surface area contributed by atoms with E-state index in [2.05, 4.69) is 6.07 Å². The fourth-order valence-corrected chi connectivity index (χ4v) is 4.38. The van der Waals surface area contributed by atoms with Gasteiger partial charge in [0.1, 0.15) is 0 Å². The van der Waals surface area contributed by atoms with Crippen LogP contribution in [0.5, 0.6) is 0 Å². The second-order valence-corrected chi connectivity index (χ2v) is 8.06. The summed E-state index contributed by atoms with van der Waals surface area (Å²) in [7, 11) is 0. The molecule has 2 amide bonds. The third kappa shape index (κ3) is 3.50. The number of hydrogen-bond acceptors (Lipinski definition) is 2. The molecule has 1 aliphatic heterocycles. The Kier molecular flexibility index (Phi) is 4.83. The first-order chi connectivity index (χ1) is 14.7. The number of nitrogens with zero attached hydrogens (tertiary/aromatic N) is 2. The maximum Gasteiger partial charge on any atom is 0.231 e. The van der Waals surface area contributed by atoms with Crippen LogP contribution in [0.25, 0.3) is 0 Å². The molecular weight excluding hydrogens is 372 g/mol. The van der Waals surface area contributed by atoms with Gasteiger partial charge in [-0.15, -0.1) is 0 Å². The number of benzene rings is 3. The van der Waals surface area contributed by atoms with E-state index in [4.69, 9.17) is 0 Å². The summed E-state index contributed by atoms with van der Waals surface area (Å²) in [5, 5.41) is 0. The van der Waals surface area contributed by atoms with Gasteiger partial charge >= 0.3 is 0 Å². The smallest absolute Gasteiger partial charge is 0.231 e. The molecule has 3 aromatic carbocycles. The summed E-state index contributed by atoms with van der Waals surface area (Å²) in [6.07, 6.45) is 1.52. The van der Waals surface area contributed by atoms with E-state index in [1.54, 1.807) is 0 Å². The van der Waals surface area contributed by atoms with Gasteiger partial charge in [-0.3, -0.25) is 9.59 Å². The Morgan fingerprint density at radius 2 is 1.50 bits per heavy atom. The highest BCUT2D eigenvalue weighted by Crippen LogP contribution is 2.44. The van der Waals surface area contributed by atoms with Gasteiger partial charge in [0.15, 0.2) is 0 Å². The minimum Gasteiger partial charge on any atom is -0.312 e. The molecule has 0 spiro atoms. The maximum atomic E-state index is 13.4. The van der Waals surface area contributed by atoms with E-state index < -0.39 is 0 Å². The molecule has 1 aliphatic carbocycles. The van der Waals surface area contributed by atoms with Gasteiger partial charge in [-0.2, -0.15) is 0 Å². The van der Waals surface area contributed by atoms with Crippen molar-refractivity contribution >= 4 is 23.2 Å². The maximum absolute atomic E-state index is 13.4. The van der Waals surface area contributed by atoms with Crippen LogP contribution < -0.4 is 9.80 Å². The molecule has 150 valence electrons. The Morgan fingerprint density at radius 3 is 2.27 bits per heavy atom. The molecule has 0 bridgehead atoms. The van der Waals surface area contributed by atoms with E-state index in [0.29, 0.717) is 19.5 Å². The monoisotopic (exact) mass is 396 g/mol. The Balaban J connectivity index is 1.34. The highest BCUT2D eigenvalue weighted by molar-refractivity contribution is 6.05. The van der Waals surface area contributed by atoms with Crippen molar-refractivity contribution in [2.45, 2.75) is 19.4 Å². The first-order valence-electron chi connectivity index (χ1n) is 10.5. The Hall–Kier alpha value is -3.40. The van der Waals surface area contributed by atoms with E-state index in [1.807, 2.05) is 88.7 Å². The number of carbonyl (C=O) groups is 2. The summed E-state index contributed by atoms with van der Waals surface area (Å²) in [5.74, 6) is -0.332. The summed E-state index contributed by atoms with van der Waals surface area (Å²) in [6, 6.07) is 27.8. The quantitative estimate of drug-likeness (QED) is 0.640. The SMILES string of the molecule is O=C(C1CC1C(=O)N1CCc2ccccc21)N(Cc1ccccc1)c1ccccc1. The van der Waals surface area contributed by atoms with E-state index in [-0.39, 0.29) is 23.7 Å². The third-order valence-corrected chi connectivity index (χ3v) is 6.10. The zero-order chi connectivity index (χ0) is 20.5. The highest BCUT2D eigenvalue weighted by atomic mass is 16.2. The third-order valence-electron chi connectivity index (χ3n) is 6.10. The molecule has 0 aromatic heterocycles.